The van der Waals surface area contributed by atoms with Crippen molar-refractivity contribution in [3.63, 3.8) is 0 Å². The van der Waals surface area contributed by atoms with Gasteiger partial charge in [0.2, 0.25) is 18.6 Å². The highest BCUT2D eigenvalue weighted by molar-refractivity contribution is 5.92. The molecule has 1 aromatic heterocycles. The monoisotopic (exact) mass is 353 g/mol. The Balaban J connectivity index is 1.23. The molecule has 2 N–H and O–H groups in total. The molecule has 134 valence electrons. The highest BCUT2D eigenvalue weighted by Gasteiger charge is 2.47. The van der Waals surface area contributed by atoms with Crippen molar-refractivity contribution >= 4 is 11.8 Å². The molecule has 1 saturated carbocycles. The Morgan fingerprint density at radius 3 is 2.54 bits per heavy atom. The number of hydrogen-bond donors (Lipinski definition) is 2. The van der Waals surface area contributed by atoms with E-state index >= 15 is 0 Å². The highest BCUT2D eigenvalue weighted by atomic mass is 16.7. The maximum atomic E-state index is 12.2. The Morgan fingerprint density at radius 2 is 1.77 bits per heavy atom. The van der Waals surface area contributed by atoms with E-state index in [1.807, 2.05) is 36.4 Å². The van der Waals surface area contributed by atoms with Crippen molar-refractivity contribution < 1.29 is 19.1 Å². The van der Waals surface area contributed by atoms with E-state index in [0.29, 0.717) is 31.0 Å². The molecule has 1 fully saturated rings. The third kappa shape index (κ3) is 3.61. The quantitative estimate of drug-likeness (QED) is 0.819. The first-order valence-corrected chi connectivity index (χ1v) is 8.54. The molecule has 2 heterocycles. The van der Waals surface area contributed by atoms with Gasteiger partial charge in [0.25, 0.3) is 0 Å². The number of hydrogen-bond acceptors (Lipinski definition) is 5. The molecule has 2 aromatic rings. The zero-order valence-corrected chi connectivity index (χ0v) is 14.1. The van der Waals surface area contributed by atoms with E-state index in [-0.39, 0.29) is 30.4 Å². The lowest BCUT2D eigenvalue weighted by atomic mass is 10.2. The average molecular weight is 353 g/mol. The summed E-state index contributed by atoms with van der Waals surface area (Å²) in [7, 11) is 0. The molecule has 0 bridgehead atoms. The number of carbonyl (C=O) groups excluding carboxylic acids is 2. The Labute approximate surface area is 150 Å². The maximum Gasteiger partial charge on any atom is 0.231 e. The first-order chi connectivity index (χ1) is 12.7. The largest absolute Gasteiger partial charge is 0.454 e. The molecule has 2 aliphatic rings. The predicted molar refractivity (Wildman–Crippen MR) is 92.1 cm³/mol. The molecule has 2 amide bonds. The number of benzene rings is 1. The van der Waals surface area contributed by atoms with Crippen LogP contribution in [0.3, 0.4) is 0 Å². The van der Waals surface area contributed by atoms with Crippen LogP contribution in [0.15, 0.2) is 42.6 Å². The number of rotatable bonds is 6. The van der Waals surface area contributed by atoms with Gasteiger partial charge in [0.05, 0.1) is 24.1 Å². The second-order valence-electron chi connectivity index (χ2n) is 6.39. The number of amides is 2. The summed E-state index contributed by atoms with van der Waals surface area (Å²) in [6.07, 6.45) is 2.27. The van der Waals surface area contributed by atoms with E-state index in [1.54, 1.807) is 6.20 Å². The molecule has 4 rings (SSSR count). The maximum absolute atomic E-state index is 12.2. The third-order valence-corrected chi connectivity index (χ3v) is 4.54. The minimum absolute atomic E-state index is 0.0966. The van der Waals surface area contributed by atoms with Gasteiger partial charge in [-0.25, -0.2) is 0 Å². The number of aromatic nitrogens is 1. The molecule has 0 saturated heterocycles. The van der Waals surface area contributed by atoms with Gasteiger partial charge < -0.3 is 20.1 Å². The second-order valence-corrected chi connectivity index (χ2v) is 6.39. The first kappa shape index (κ1) is 16.4. The lowest BCUT2D eigenvalue weighted by Crippen LogP contribution is -2.29. The SMILES string of the molecule is O=C(NCc1ccc2c(c1)OCO2)C1CC1C(=O)NCc1ccccn1. The summed E-state index contributed by atoms with van der Waals surface area (Å²) in [5.74, 6) is 0.699. The van der Waals surface area contributed by atoms with Crippen LogP contribution in [0.5, 0.6) is 11.5 Å². The predicted octanol–water partition coefficient (Wildman–Crippen LogP) is 1.38. The molecule has 0 spiro atoms. The van der Waals surface area contributed by atoms with E-state index in [1.165, 1.54) is 0 Å². The van der Waals surface area contributed by atoms with Crippen molar-refractivity contribution in [2.45, 2.75) is 19.5 Å². The van der Waals surface area contributed by atoms with Gasteiger partial charge in [-0.2, -0.15) is 0 Å². The van der Waals surface area contributed by atoms with Gasteiger partial charge in [-0.05, 0) is 36.2 Å². The van der Waals surface area contributed by atoms with Crippen molar-refractivity contribution in [3.05, 3.63) is 53.9 Å². The fourth-order valence-electron chi connectivity index (χ4n) is 2.96. The number of pyridine rings is 1. The Morgan fingerprint density at radius 1 is 1.00 bits per heavy atom. The van der Waals surface area contributed by atoms with Crippen LogP contribution >= 0.6 is 0 Å². The molecule has 0 radical (unpaired) electrons. The van der Waals surface area contributed by atoms with Gasteiger partial charge in [-0.15, -0.1) is 0 Å². The number of nitrogens with zero attached hydrogens (tertiary/aromatic N) is 1. The van der Waals surface area contributed by atoms with E-state index in [0.717, 1.165) is 11.3 Å². The summed E-state index contributed by atoms with van der Waals surface area (Å²) in [5, 5.41) is 5.72. The lowest BCUT2D eigenvalue weighted by Gasteiger charge is -2.07. The molecule has 7 heteroatoms. The van der Waals surface area contributed by atoms with Gasteiger partial charge in [0.1, 0.15) is 0 Å². The second kappa shape index (κ2) is 7.03. The highest BCUT2D eigenvalue weighted by Crippen LogP contribution is 2.39. The van der Waals surface area contributed by atoms with Gasteiger partial charge in [0, 0.05) is 12.7 Å². The standard InChI is InChI=1S/C19H19N3O4/c23-18(21-9-12-4-5-16-17(7-12)26-11-25-16)14-8-15(14)19(24)22-10-13-3-1-2-6-20-13/h1-7,14-15H,8-11H2,(H,21,23)(H,22,24). The topological polar surface area (TPSA) is 89.5 Å². The molecule has 1 aliphatic heterocycles. The van der Waals surface area contributed by atoms with Gasteiger partial charge in [0.15, 0.2) is 11.5 Å². The van der Waals surface area contributed by atoms with Crippen molar-refractivity contribution in [1.82, 2.24) is 15.6 Å². The van der Waals surface area contributed by atoms with Crippen LogP contribution in [0.1, 0.15) is 17.7 Å². The average Bonchev–Trinajstić information content (AvgIpc) is 3.35. The fourth-order valence-corrected chi connectivity index (χ4v) is 2.96. The molecular weight excluding hydrogens is 334 g/mol. The smallest absolute Gasteiger partial charge is 0.231 e. The van der Waals surface area contributed by atoms with Crippen molar-refractivity contribution in [1.29, 1.82) is 0 Å². The summed E-state index contributed by atoms with van der Waals surface area (Å²) in [6, 6.07) is 11.1. The van der Waals surface area contributed by atoms with Crippen LogP contribution in [-0.2, 0) is 22.7 Å². The van der Waals surface area contributed by atoms with Crippen molar-refractivity contribution in [2.75, 3.05) is 6.79 Å². The summed E-state index contributed by atoms with van der Waals surface area (Å²) < 4.78 is 10.6. The third-order valence-electron chi connectivity index (χ3n) is 4.54. The zero-order valence-electron chi connectivity index (χ0n) is 14.1. The van der Waals surface area contributed by atoms with Crippen LogP contribution in [0.4, 0.5) is 0 Å². The first-order valence-electron chi connectivity index (χ1n) is 8.54. The Kier molecular flexibility index (Phi) is 4.43. The summed E-state index contributed by atoms with van der Waals surface area (Å²) >= 11 is 0. The summed E-state index contributed by atoms with van der Waals surface area (Å²) in [6.45, 7) is 0.998. The minimum Gasteiger partial charge on any atom is -0.454 e. The molecule has 7 nitrogen and oxygen atoms in total. The van der Waals surface area contributed by atoms with Crippen LogP contribution in [0, 0.1) is 11.8 Å². The lowest BCUT2D eigenvalue weighted by molar-refractivity contribution is -0.127. The van der Waals surface area contributed by atoms with Gasteiger partial charge in [-0.1, -0.05) is 12.1 Å². The minimum atomic E-state index is -0.257. The van der Waals surface area contributed by atoms with Gasteiger partial charge in [-0.3, -0.25) is 14.6 Å². The molecule has 2 atom stereocenters. The number of carbonyl (C=O) groups is 2. The van der Waals surface area contributed by atoms with E-state index in [2.05, 4.69) is 15.6 Å². The van der Waals surface area contributed by atoms with E-state index in [9.17, 15) is 9.59 Å². The molecule has 2 unspecified atom stereocenters. The Bertz CT molecular complexity index is 825. The number of nitrogens with one attached hydrogen (secondary N) is 2. The van der Waals surface area contributed by atoms with Crippen LogP contribution in [0.25, 0.3) is 0 Å². The molecule has 1 aliphatic carbocycles. The number of ether oxygens (including phenoxy) is 2. The van der Waals surface area contributed by atoms with Crippen molar-refractivity contribution in [3.8, 4) is 11.5 Å². The van der Waals surface area contributed by atoms with Crippen LogP contribution in [-0.4, -0.2) is 23.6 Å². The summed E-state index contributed by atoms with van der Waals surface area (Å²) in [5.41, 5.74) is 1.73. The van der Waals surface area contributed by atoms with Gasteiger partial charge >= 0.3 is 0 Å². The molecular formula is C19H19N3O4. The summed E-state index contributed by atoms with van der Waals surface area (Å²) in [4.78, 5) is 28.5. The van der Waals surface area contributed by atoms with Crippen molar-refractivity contribution in [2.24, 2.45) is 11.8 Å². The fraction of sp³-hybridized carbons (Fsp3) is 0.316. The van der Waals surface area contributed by atoms with E-state index < -0.39 is 0 Å². The Hall–Kier alpha value is -3.09. The number of fused-ring (bicyclic) bond motifs is 1. The zero-order chi connectivity index (χ0) is 17.9. The normalized spacial score (nSPS) is 19.7. The van der Waals surface area contributed by atoms with Crippen LogP contribution < -0.4 is 20.1 Å². The van der Waals surface area contributed by atoms with E-state index in [4.69, 9.17) is 9.47 Å². The van der Waals surface area contributed by atoms with Crippen LogP contribution in [0.2, 0.25) is 0 Å². The molecule has 1 aromatic carbocycles. The molecule has 26 heavy (non-hydrogen) atoms.